The van der Waals surface area contributed by atoms with E-state index in [4.69, 9.17) is 18.9 Å². The van der Waals surface area contributed by atoms with E-state index < -0.39 is 11.9 Å². The zero-order chi connectivity index (χ0) is 22.4. The van der Waals surface area contributed by atoms with Crippen LogP contribution in [0.4, 0.5) is 11.4 Å². The summed E-state index contributed by atoms with van der Waals surface area (Å²) in [7, 11) is 3.09. The van der Waals surface area contributed by atoms with Gasteiger partial charge in [-0.05, 0) is 44.2 Å². The maximum Gasteiger partial charge on any atom is 0.341 e. The molecule has 3 rings (SSSR count). The highest BCUT2D eigenvalue weighted by Crippen LogP contribution is 2.34. The molecule has 0 spiro atoms. The van der Waals surface area contributed by atoms with E-state index in [-0.39, 0.29) is 18.8 Å². The number of nitrogens with zero attached hydrogens (tertiary/aromatic N) is 1. The summed E-state index contributed by atoms with van der Waals surface area (Å²) in [5.74, 6) is 0.114. The highest BCUT2D eigenvalue weighted by molar-refractivity contribution is 6.07. The second kappa shape index (κ2) is 9.80. The van der Waals surface area contributed by atoms with Gasteiger partial charge in [-0.1, -0.05) is 0 Å². The molecule has 0 amide bonds. The maximum atomic E-state index is 12.6. The van der Waals surface area contributed by atoms with E-state index in [9.17, 15) is 9.59 Å². The molecule has 0 saturated heterocycles. The third kappa shape index (κ3) is 4.69. The summed E-state index contributed by atoms with van der Waals surface area (Å²) in [6, 6.07) is 10.3. The van der Waals surface area contributed by atoms with Crippen LogP contribution < -0.4 is 14.8 Å². The predicted octanol–water partition coefficient (Wildman–Crippen LogP) is 4.35. The smallest absolute Gasteiger partial charge is 0.341 e. The topological polar surface area (TPSA) is 96.0 Å². The molecule has 0 aliphatic carbocycles. The largest absolute Gasteiger partial charge is 0.493 e. The van der Waals surface area contributed by atoms with Crippen LogP contribution in [0, 0.1) is 0 Å². The third-order valence-electron chi connectivity index (χ3n) is 4.53. The van der Waals surface area contributed by atoms with Gasteiger partial charge in [0, 0.05) is 23.3 Å². The average molecular weight is 424 g/mol. The highest BCUT2D eigenvalue weighted by atomic mass is 16.5. The SMILES string of the molecule is CCOC(=O)c1ccc2ncc(C(=O)OCC)c(Nc3ccc(OC)c(OC)c3)c2c1. The summed E-state index contributed by atoms with van der Waals surface area (Å²) < 4.78 is 21.0. The molecule has 31 heavy (non-hydrogen) atoms. The van der Waals surface area contributed by atoms with Crippen molar-refractivity contribution in [3.8, 4) is 11.5 Å². The standard InChI is InChI=1S/C23H24N2O6/c1-5-30-22(26)14-7-9-18-16(11-14)21(17(13-24-18)23(27)31-6-2)25-15-8-10-19(28-3)20(12-15)29-4/h7-13H,5-6H2,1-4H3,(H,24,25). The van der Waals surface area contributed by atoms with Crippen molar-refractivity contribution in [1.82, 2.24) is 4.98 Å². The Morgan fingerprint density at radius 3 is 2.29 bits per heavy atom. The Morgan fingerprint density at radius 1 is 0.903 bits per heavy atom. The van der Waals surface area contributed by atoms with E-state index in [0.29, 0.717) is 39.3 Å². The van der Waals surface area contributed by atoms with Crippen molar-refractivity contribution in [2.24, 2.45) is 0 Å². The van der Waals surface area contributed by atoms with Crippen LogP contribution in [0.1, 0.15) is 34.6 Å². The van der Waals surface area contributed by atoms with Gasteiger partial charge in [0.1, 0.15) is 5.56 Å². The first-order valence-corrected chi connectivity index (χ1v) is 9.78. The molecule has 0 atom stereocenters. The molecule has 3 aromatic rings. The summed E-state index contributed by atoms with van der Waals surface area (Å²) >= 11 is 0. The summed E-state index contributed by atoms with van der Waals surface area (Å²) in [6.45, 7) is 3.94. The normalized spacial score (nSPS) is 10.5. The van der Waals surface area contributed by atoms with Crippen molar-refractivity contribution >= 4 is 34.2 Å². The van der Waals surface area contributed by atoms with E-state index in [1.165, 1.54) is 6.20 Å². The van der Waals surface area contributed by atoms with Crippen LogP contribution >= 0.6 is 0 Å². The van der Waals surface area contributed by atoms with Gasteiger partial charge in [0.15, 0.2) is 11.5 Å². The predicted molar refractivity (Wildman–Crippen MR) is 116 cm³/mol. The van der Waals surface area contributed by atoms with E-state index in [2.05, 4.69) is 10.3 Å². The molecular weight excluding hydrogens is 400 g/mol. The van der Waals surface area contributed by atoms with Crippen LogP contribution in [0.25, 0.3) is 10.9 Å². The van der Waals surface area contributed by atoms with Gasteiger partial charge in [0.2, 0.25) is 0 Å². The van der Waals surface area contributed by atoms with Gasteiger partial charge in [-0.25, -0.2) is 9.59 Å². The van der Waals surface area contributed by atoms with Crippen molar-refractivity contribution < 1.29 is 28.5 Å². The van der Waals surface area contributed by atoms with Crippen molar-refractivity contribution in [3.63, 3.8) is 0 Å². The summed E-state index contributed by atoms with van der Waals surface area (Å²) in [5.41, 5.74) is 2.31. The molecule has 0 bridgehead atoms. The molecule has 2 aromatic carbocycles. The molecule has 0 saturated carbocycles. The zero-order valence-corrected chi connectivity index (χ0v) is 17.9. The minimum absolute atomic E-state index is 0.218. The number of ether oxygens (including phenoxy) is 4. The number of nitrogens with one attached hydrogen (secondary N) is 1. The first kappa shape index (κ1) is 21.9. The number of hydrogen-bond acceptors (Lipinski definition) is 8. The molecule has 0 fully saturated rings. The number of esters is 2. The molecule has 0 unspecified atom stereocenters. The number of carbonyl (C=O) groups excluding carboxylic acids is 2. The number of rotatable bonds is 8. The van der Waals surface area contributed by atoms with Gasteiger partial charge in [0.05, 0.1) is 44.2 Å². The number of methoxy groups -OCH3 is 2. The average Bonchev–Trinajstić information content (AvgIpc) is 2.79. The number of carbonyl (C=O) groups is 2. The minimum Gasteiger partial charge on any atom is -0.493 e. The Balaban J connectivity index is 2.16. The first-order valence-electron chi connectivity index (χ1n) is 9.78. The van der Waals surface area contributed by atoms with E-state index in [1.54, 1.807) is 64.5 Å². The van der Waals surface area contributed by atoms with E-state index >= 15 is 0 Å². The summed E-state index contributed by atoms with van der Waals surface area (Å²) in [4.78, 5) is 29.2. The lowest BCUT2D eigenvalue weighted by Crippen LogP contribution is -2.10. The lowest BCUT2D eigenvalue weighted by atomic mass is 10.1. The molecule has 1 heterocycles. The number of pyridine rings is 1. The van der Waals surface area contributed by atoms with E-state index in [0.717, 1.165) is 0 Å². The Bertz CT molecular complexity index is 1110. The van der Waals surface area contributed by atoms with Gasteiger partial charge in [0.25, 0.3) is 0 Å². The van der Waals surface area contributed by atoms with Gasteiger partial charge in [-0.2, -0.15) is 0 Å². The Morgan fingerprint density at radius 2 is 1.61 bits per heavy atom. The number of anilines is 2. The molecule has 0 aliphatic heterocycles. The van der Waals surface area contributed by atoms with Crippen molar-refractivity contribution in [3.05, 3.63) is 53.7 Å². The highest BCUT2D eigenvalue weighted by Gasteiger charge is 2.19. The lowest BCUT2D eigenvalue weighted by molar-refractivity contribution is 0.0518. The second-order valence-electron chi connectivity index (χ2n) is 6.41. The van der Waals surface area contributed by atoms with Crippen LogP contribution in [-0.2, 0) is 9.47 Å². The maximum absolute atomic E-state index is 12.6. The Hall–Kier alpha value is -3.81. The lowest BCUT2D eigenvalue weighted by Gasteiger charge is -2.16. The molecule has 1 aromatic heterocycles. The quantitative estimate of drug-likeness (QED) is 0.533. The molecular formula is C23H24N2O6. The summed E-state index contributed by atoms with van der Waals surface area (Å²) in [5, 5.41) is 3.83. The Kier molecular flexibility index (Phi) is 6.92. The fourth-order valence-electron chi connectivity index (χ4n) is 3.09. The molecule has 0 aliphatic rings. The van der Waals surface area contributed by atoms with Gasteiger partial charge < -0.3 is 24.3 Å². The number of hydrogen-bond donors (Lipinski definition) is 1. The zero-order valence-electron chi connectivity index (χ0n) is 17.9. The van der Waals surface area contributed by atoms with Crippen LogP contribution in [0.3, 0.4) is 0 Å². The van der Waals surface area contributed by atoms with Gasteiger partial charge >= 0.3 is 11.9 Å². The van der Waals surface area contributed by atoms with Crippen molar-refractivity contribution in [2.45, 2.75) is 13.8 Å². The second-order valence-corrected chi connectivity index (χ2v) is 6.41. The van der Waals surface area contributed by atoms with Crippen molar-refractivity contribution in [2.75, 3.05) is 32.8 Å². The number of aromatic nitrogens is 1. The molecule has 8 nitrogen and oxygen atoms in total. The van der Waals surface area contributed by atoms with E-state index in [1.807, 2.05) is 0 Å². The number of fused-ring (bicyclic) bond motifs is 1. The molecule has 1 N–H and O–H groups in total. The fraction of sp³-hybridized carbons (Fsp3) is 0.261. The monoisotopic (exact) mass is 424 g/mol. The molecule has 0 radical (unpaired) electrons. The van der Waals surface area contributed by atoms with Gasteiger partial charge in [-0.3, -0.25) is 4.98 Å². The van der Waals surface area contributed by atoms with Crippen LogP contribution in [0.15, 0.2) is 42.6 Å². The van der Waals surface area contributed by atoms with Crippen LogP contribution in [-0.4, -0.2) is 44.4 Å². The van der Waals surface area contributed by atoms with Crippen LogP contribution in [0.2, 0.25) is 0 Å². The molecule has 162 valence electrons. The fourth-order valence-corrected chi connectivity index (χ4v) is 3.09. The van der Waals surface area contributed by atoms with Crippen molar-refractivity contribution in [1.29, 1.82) is 0 Å². The number of benzene rings is 2. The Labute approximate surface area is 180 Å². The molecule has 8 heteroatoms. The first-order chi connectivity index (χ1) is 15.0. The summed E-state index contributed by atoms with van der Waals surface area (Å²) in [6.07, 6.45) is 1.45. The minimum atomic E-state index is -0.526. The van der Waals surface area contributed by atoms with Gasteiger partial charge in [-0.15, -0.1) is 0 Å². The third-order valence-corrected chi connectivity index (χ3v) is 4.53. The van der Waals surface area contributed by atoms with Crippen LogP contribution in [0.5, 0.6) is 11.5 Å².